The Hall–Kier alpha value is -2.89. The van der Waals surface area contributed by atoms with Crippen molar-refractivity contribution < 1.29 is 4.79 Å². The van der Waals surface area contributed by atoms with E-state index in [0.717, 1.165) is 18.7 Å². The van der Waals surface area contributed by atoms with Crippen LogP contribution >= 0.6 is 0 Å². The van der Waals surface area contributed by atoms with Gasteiger partial charge in [-0.2, -0.15) is 5.10 Å². The zero-order valence-corrected chi connectivity index (χ0v) is 19.0. The molecule has 3 N–H and O–H groups in total. The second kappa shape index (κ2) is 14.2. The summed E-state index contributed by atoms with van der Waals surface area (Å²) in [4.78, 5) is 18.5. The molecular weight excluding hydrogens is 386 g/mol. The molecule has 2 aromatic rings. The van der Waals surface area contributed by atoms with Gasteiger partial charge in [0.1, 0.15) is 5.82 Å². The Labute approximate surface area is 186 Å². The highest BCUT2D eigenvalue weighted by Crippen LogP contribution is 2.17. The summed E-state index contributed by atoms with van der Waals surface area (Å²) in [5.41, 5.74) is 10.7. The Morgan fingerprint density at radius 2 is 1.61 bits per heavy atom. The van der Waals surface area contributed by atoms with Gasteiger partial charge in [-0.25, -0.2) is 10.4 Å². The molecule has 0 bridgehead atoms. The minimum Gasteiger partial charge on any atom is -0.384 e. The van der Waals surface area contributed by atoms with Crippen LogP contribution in [0, 0.1) is 0 Å². The molecule has 1 aromatic heterocycles. The first-order chi connectivity index (χ1) is 15.1. The number of amides is 1. The van der Waals surface area contributed by atoms with Crippen LogP contribution in [0.1, 0.15) is 81.1 Å². The first-order valence-electron chi connectivity index (χ1n) is 11.5. The number of pyridine rings is 1. The van der Waals surface area contributed by atoms with Crippen LogP contribution < -0.4 is 16.1 Å². The largest absolute Gasteiger partial charge is 0.384 e. The first kappa shape index (κ1) is 24.4. The highest BCUT2D eigenvalue weighted by molar-refractivity contribution is 5.94. The van der Waals surface area contributed by atoms with Crippen molar-refractivity contribution >= 4 is 23.6 Å². The topological polar surface area (TPSA) is 83.6 Å². The van der Waals surface area contributed by atoms with Gasteiger partial charge in [0.05, 0.1) is 11.8 Å². The SMILES string of the molecule is CCCCCCN(CCCCCC)c1ccc(/C=N/NC(=O)c2ccc(N)nc2)cc1. The predicted octanol–water partition coefficient (Wildman–Crippen LogP) is 5.39. The monoisotopic (exact) mass is 423 g/mol. The molecular formula is C25H37N5O. The van der Waals surface area contributed by atoms with Gasteiger partial charge in [0.25, 0.3) is 5.91 Å². The molecule has 6 nitrogen and oxygen atoms in total. The molecule has 1 heterocycles. The van der Waals surface area contributed by atoms with E-state index in [9.17, 15) is 4.79 Å². The highest BCUT2D eigenvalue weighted by Gasteiger charge is 2.07. The van der Waals surface area contributed by atoms with E-state index in [2.05, 4.69) is 46.4 Å². The fourth-order valence-electron chi connectivity index (χ4n) is 3.37. The quantitative estimate of drug-likeness (QED) is 0.242. The van der Waals surface area contributed by atoms with Crippen LogP contribution in [0.5, 0.6) is 0 Å². The molecule has 0 atom stereocenters. The maximum absolute atomic E-state index is 12.1. The fraction of sp³-hybridized carbons (Fsp3) is 0.480. The van der Waals surface area contributed by atoms with Gasteiger partial charge >= 0.3 is 0 Å². The molecule has 0 fully saturated rings. The summed E-state index contributed by atoms with van der Waals surface area (Å²) >= 11 is 0. The van der Waals surface area contributed by atoms with Crippen molar-refractivity contribution in [3.8, 4) is 0 Å². The number of hydrogen-bond acceptors (Lipinski definition) is 5. The number of hydrazone groups is 1. The molecule has 1 amide bonds. The molecule has 6 heteroatoms. The van der Waals surface area contributed by atoms with E-state index in [4.69, 9.17) is 5.73 Å². The van der Waals surface area contributed by atoms with Crippen molar-refractivity contribution in [3.63, 3.8) is 0 Å². The number of hydrogen-bond donors (Lipinski definition) is 2. The molecule has 2 rings (SSSR count). The highest BCUT2D eigenvalue weighted by atomic mass is 16.2. The van der Waals surface area contributed by atoms with Gasteiger partial charge in [0.2, 0.25) is 0 Å². The lowest BCUT2D eigenvalue weighted by molar-refractivity contribution is 0.0955. The summed E-state index contributed by atoms with van der Waals surface area (Å²) in [5, 5.41) is 4.06. The van der Waals surface area contributed by atoms with Crippen LogP contribution in [-0.2, 0) is 0 Å². The number of nitrogens with zero attached hydrogens (tertiary/aromatic N) is 3. The number of nitrogens with one attached hydrogen (secondary N) is 1. The number of benzene rings is 1. The first-order valence-corrected chi connectivity index (χ1v) is 11.5. The zero-order chi connectivity index (χ0) is 22.3. The third-order valence-electron chi connectivity index (χ3n) is 5.25. The number of carbonyl (C=O) groups is 1. The average molecular weight is 424 g/mol. The number of nitrogen functional groups attached to an aromatic ring is 1. The maximum atomic E-state index is 12.1. The molecule has 0 radical (unpaired) electrons. The standard InChI is InChI=1S/C25H37N5O/c1-3-5-7-9-17-30(18-10-8-6-4-2)23-14-11-21(12-15-23)19-28-29-25(31)22-13-16-24(26)27-20-22/h11-16,19-20H,3-10,17-18H2,1-2H3,(H2,26,27)(H,29,31)/b28-19+. The molecule has 0 saturated carbocycles. The number of unbranched alkanes of at least 4 members (excludes halogenated alkanes) is 6. The van der Waals surface area contributed by atoms with E-state index in [0.29, 0.717) is 11.4 Å². The van der Waals surface area contributed by atoms with E-state index in [1.165, 1.54) is 63.3 Å². The Bertz CT molecular complexity index is 775. The van der Waals surface area contributed by atoms with E-state index in [1.54, 1.807) is 18.3 Å². The summed E-state index contributed by atoms with van der Waals surface area (Å²) in [6.07, 6.45) is 13.3. The molecule has 0 unspecified atom stereocenters. The summed E-state index contributed by atoms with van der Waals surface area (Å²) in [6.45, 7) is 6.70. The van der Waals surface area contributed by atoms with Gasteiger partial charge in [-0.1, -0.05) is 64.5 Å². The molecule has 168 valence electrons. The summed E-state index contributed by atoms with van der Waals surface area (Å²) in [7, 11) is 0. The number of rotatable bonds is 14. The molecule has 31 heavy (non-hydrogen) atoms. The molecule has 0 aliphatic heterocycles. The van der Waals surface area contributed by atoms with E-state index < -0.39 is 0 Å². The summed E-state index contributed by atoms with van der Waals surface area (Å²) < 4.78 is 0. The zero-order valence-electron chi connectivity index (χ0n) is 19.0. The third-order valence-corrected chi connectivity index (χ3v) is 5.25. The molecule has 1 aromatic carbocycles. The Morgan fingerprint density at radius 3 is 2.16 bits per heavy atom. The van der Waals surface area contributed by atoms with Crippen LogP contribution in [0.3, 0.4) is 0 Å². The van der Waals surface area contributed by atoms with E-state index in [1.807, 2.05) is 12.1 Å². The Kier molecular flexibility index (Phi) is 11.1. The minimum atomic E-state index is -0.314. The molecule has 0 saturated heterocycles. The molecule has 0 spiro atoms. The Morgan fingerprint density at radius 1 is 0.968 bits per heavy atom. The number of carbonyl (C=O) groups excluding carboxylic acids is 1. The van der Waals surface area contributed by atoms with Crippen molar-refractivity contribution in [2.24, 2.45) is 5.10 Å². The van der Waals surface area contributed by atoms with Gasteiger partial charge in [-0.05, 0) is 42.7 Å². The second-order valence-electron chi connectivity index (χ2n) is 7.87. The van der Waals surface area contributed by atoms with Crippen molar-refractivity contribution in [2.75, 3.05) is 23.7 Å². The lowest BCUT2D eigenvalue weighted by Crippen LogP contribution is -2.25. The van der Waals surface area contributed by atoms with Crippen LogP contribution in [0.4, 0.5) is 11.5 Å². The smallest absolute Gasteiger partial charge is 0.272 e. The van der Waals surface area contributed by atoms with Gasteiger partial charge in [0, 0.05) is 25.0 Å². The van der Waals surface area contributed by atoms with Gasteiger partial charge < -0.3 is 10.6 Å². The van der Waals surface area contributed by atoms with Gasteiger partial charge in [-0.15, -0.1) is 0 Å². The van der Waals surface area contributed by atoms with Crippen molar-refractivity contribution in [1.29, 1.82) is 0 Å². The number of aromatic nitrogens is 1. The minimum absolute atomic E-state index is 0.314. The maximum Gasteiger partial charge on any atom is 0.272 e. The normalized spacial score (nSPS) is 11.0. The summed E-state index contributed by atoms with van der Waals surface area (Å²) in [5.74, 6) is 0.0654. The lowest BCUT2D eigenvalue weighted by Gasteiger charge is -2.25. The van der Waals surface area contributed by atoms with E-state index in [-0.39, 0.29) is 5.91 Å². The lowest BCUT2D eigenvalue weighted by atomic mass is 10.1. The number of anilines is 2. The van der Waals surface area contributed by atoms with E-state index >= 15 is 0 Å². The Balaban J connectivity index is 1.91. The second-order valence-corrected chi connectivity index (χ2v) is 7.87. The van der Waals surface area contributed by atoms with Crippen molar-refractivity contribution in [3.05, 3.63) is 53.7 Å². The van der Waals surface area contributed by atoms with Gasteiger partial charge in [-0.3, -0.25) is 4.79 Å². The molecule has 0 aliphatic carbocycles. The number of nitrogens with two attached hydrogens (primary N) is 1. The third kappa shape index (κ3) is 9.20. The van der Waals surface area contributed by atoms with Crippen molar-refractivity contribution in [1.82, 2.24) is 10.4 Å². The average Bonchev–Trinajstić information content (AvgIpc) is 2.79. The fourth-order valence-corrected chi connectivity index (χ4v) is 3.37. The van der Waals surface area contributed by atoms with Gasteiger partial charge in [0.15, 0.2) is 0 Å². The van der Waals surface area contributed by atoms with Crippen molar-refractivity contribution in [2.45, 2.75) is 65.2 Å². The van der Waals surface area contributed by atoms with Crippen LogP contribution in [0.15, 0.2) is 47.7 Å². The summed E-state index contributed by atoms with van der Waals surface area (Å²) in [6, 6.07) is 11.6. The van der Waals surface area contributed by atoms with Crippen LogP contribution in [-0.4, -0.2) is 30.2 Å². The van der Waals surface area contributed by atoms with Crippen LogP contribution in [0.2, 0.25) is 0 Å². The molecule has 0 aliphatic rings. The predicted molar refractivity (Wildman–Crippen MR) is 131 cm³/mol. The van der Waals surface area contributed by atoms with Crippen LogP contribution in [0.25, 0.3) is 0 Å².